The smallest absolute Gasteiger partial charge is 0.229 e. The molecule has 19 atom stereocenters. The molecule has 11 rings (SSSR count). The van der Waals surface area contributed by atoms with Gasteiger partial charge in [0.05, 0.1) is 31.7 Å². The van der Waals surface area contributed by atoms with Gasteiger partial charge in [-0.05, 0) is 100 Å². The number of fused-ring (bicyclic) bond motifs is 2. The van der Waals surface area contributed by atoms with E-state index in [2.05, 4.69) is 0 Å². The van der Waals surface area contributed by atoms with E-state index < -0.39 is 136 Å². The lowest BCUT2D eigenvalue weighted by Crippen LogP contribution is -2.60. The van der Waals surface area contributed by atoms with Crippen molar-refractivity contribution in [3.63, 3.8) is 0 Å². The van der Waals surface area contributed by atoms with Crippen LogP contribution in [0.4, 0.5) is 0 Å². The zero-order chi connectivity index (χ0) is 59.4. The Hall–Kier alpha value is -7.34. The lowest BCUT2D eigenvalue weighted by molar-refractivity contribution is -0.277. The molecule has 5 heterocycles. The van der Waals surface area contributed by atoms with Crippen LogP contribution in [0.1, 0.15) is 68.6 Å². The quantitative estimate of drug-likeness (QED) is 0.0631. The summed E-state index contributed by atoms with van der Waals surface area (Å²) in [6, 6.07) is 29.5. The van der Waals surface area contributed by atoms with Crippen LogP contribution in [0, 0.1) is 0 Å². The Bertz CT molecular complexity index is 3280. The molecule has 6 aromatic carbocycles. The van der Waals surface area contributed by atoms with Crippen molar-refractivity contribution in [3.8, 4) is 51.7 Å². The minimum absolute atomic E-state index is 0.156. The van der Waals surface area contributed by atoms with E-state index in [9.17, 15) is 81.7 Å². The van der Waals surface area contributed by atoms with Crippen molar-refractivity contribution in [3.05, 3.63) is 160 Å². The number of benzene rings is 6. The van der Waals surface area contributed by atoms with Crippen molar-refractivity contribution >= 4 is 12.2 Å². The lowest BCUT2D eigenvalue weighted by Gasteiger charge is -2.39. The molecule has 5 aliphatic heterocycles. The molecule has 0 amide bonds. The number of ether oxygens (including phenoxy) is 8. The molecule has 0 unspecified atom stereocenters. The second kappa shape index (κ2) is 24.0. The van der Waals surface area contributed by atoms with Gasteiger partial charge in [-0.25, -0.2) is 0 Å². The number of hydrogen-bond acceptors (Lipinski definition) is 24. The SMILES string of the molecule is OC[C@H]1O[C@@H](Oc2ccc(/C=C\c3cc(O)cc4c3[C@H](c3cc(O)c5c(c3)O[C@H](c3ccc(O[C@@H]6O[C@H](CO)[C@@H](O)[C@H](O)[C@H]6O)cc3)[C@H]5c3cc(O)cc(O)c3)[C@@H](c3ccc(O[C@@H]5O[C@H](CO)[C@@H](O)[C@H](O)[C@H]5O)cc3)O4)cc2)[C@H](O)[C@@H](O)[C@@H]1O. The van der Waals surface area contributed by atoms with Crippen molar-refractivity contribution in [1.82, 2.24) is 0 Å². The molecule has 0 spiro atoms. The highest BCUT2D eigenvalue weighted by molar-refractivity contribution is 5.76. The molecule has 6 aromatic rings. The molecule has 16 N–H and O–H groups in total. The van der Waals surface area contributed by atoms with Gasteiger partial charge in [0.15, 0.2) is 0 Å². The van der Waals surface area contributed by atoms with Gasteiger partial charge in [-0.2, -0.15) is 0 Å². The van der Waals surface area contributed by atoms with Gasteiger partial charge >= 0.3 is 0 Å². The summed E-state index contributed by atoms with van der Waals surface area (Å²) in [5.74, 6) is -1.67. The molecule has 0 aromatic heterocycles. The average molecular weight is 1170 g/mol. The second-order valence-electron chi connectivity index (χ2n) is 21.2. The summed E-state index contributed by atoms with van der Waals surface area (Å²) in [6.45, 7) is -1.97. The highest BCUT2D eigenvalue weighted by Gasteiger charge is 2.49. The van der Waals surface area contributed by atoms with E-state index in [1.165, 1.54) is 36.4 Å². The third-order valence-corrected chi connectivity index (χ3v) is 15.7. The first-order valence-electron chi connectivity index (χ1n) is 26.8. The maximum absolute atomic E-state index is 12.4. The second-order valence-corrected chi connectivity index (χ2v) is 21.2. The molecule has 0 saturated carbocycles. The molecule has 0 radical (unpaired) electrons. The third-order valence-electron chi connectivity index (χ3n) is 15.7. The molecule has 3 saturated heterocycles. The van der Waals surface area contributed by atoms with Crippen molar-refractivity contribution < 1.29 is 120 Å². The number of hydrogen-bond donors (Lipinski definition) is 16. The van der Waals surface area contributed by atoms with E-state index in [1.54, 1.807) is 84.9 Å². The summed E-state index contributed by atoms with van der Waals surface area (Å²) < 4.78 is 47.7. The van der Waals surface area contributed by atoms with E-state index in [1.807, 2.05) is 0 Å². The molecular formula is C60H62O24. The van der Waals surface area contributed by atoms with Crippen LogP contribution in [0.2, 0.25) is 0 Å². The predicted molar refractivity (Wildman–Crippen MR) is 288 cm³/mol. The van der Waals surface area contributed by atoms with Crippen LogP contribution in [0.3, 0.4) is 0 Å². The van der Waals surface area contributed by atoms with Crippen LogP contribution < -0.4 is 23.7 Å². The fourth-order valence-corrected chi connectivity index (χ4v) is 11.3. The minimum Gasteiger partial charge on any atom is -0.508 e. The van der Waals surface area contributed by atoms with E-state index in [0.717, 1.165) is 6.07 Å². The Morgan fingerprint density at radius 1 is 0.369 bits per heavy atom. The molecule has 84 heavy (non-hydrogen) atoms. The fraction of sp³-hybridized carbons (Fsp3) is 0.367. The maximum Gasteiger partial charge on any atom is 0.229 e. The predicted octanol–water partition coefficient (Wildman–Crippen LogP) is 0.747. The summed E-state index contributed by atoms with van der Waals surface area (Å²) in [5, 5.41) is 168. The van der Waals surface area contributed by atoms with E-state index in [4.69, 9.17) is 37.9 Å². The van der Waals surface area contributed by atoms with Crippen LogP contribution in [-0.4, -0.2) is 194 Å². The van der Waals surface area contributed by atoms with E-state index in [-0.39, 0.29) is 57.3 Å². The number of aliphatic hydroxyl groups is 12. The number of rotatable bonds is 15. The maximum atomic E-state index is 12.4. The first kappa shape index (κ1) is 58.4. The summed E-state index contributed by atoms with van der Waals surface area (Å²) in [4.78, 5) is 0. The van der Waals surface area contributed by atoms with E-state index >= 15 is 0 Å². The summed E-state index contributed by atoms with van der Waals surface area (Å²) >= 11 is 0. The van der Waals surface area contributed by atoms with Gasteiger partial charge in [-0.15, -0.1) is 0 Å². The molecule has 24 heteroatoms. The zero-order valence-corrected chi connectivity index (χ0v) is 44.1. The van der Waals surface area contributed by atoms with Gasteiger partial charge < -0.3 is 120 Å². The molecule has 3 fully saturated rings. The molecular weight excluding hydrogens is 1100 g/mol. The lowest BCUT2D eigenvalue weighted by atomic mass is 9.80. The van der Waals surface area contributed by atoms with Gasteiger partial charge in [-0.1, -0.05) is 48.6 Å². The summed E-state index contributed by atoms with van der Waals surface area (Å²) in [6.07, 6.45) is -21.2. The van der Waals surface area contributed by atoms with Crippen LogP contribution >= 0.6 is 0 Å². The largest absolute Gasteiger partial charge is 0.508 e. The Morgan fingerprint density at radius 3 is 1.18 bits per heavy atom. The molecule has 0 aliphatic carbocycles. The zero-order valence-electron chi connectivity index (χ0n) is 44.1. The molecule has 446 valence electrons. The van der Waals surface area contributed by atoms with Gasteiger partial charge in [0, 0.05) is 23.3 Å². The Balaban J connectivity index is 0.944. The van der Waals surface area contributed by atoms with Gasteiger partial charge in [0.1, 0.15) is 137 Å². The van der Waals surface area contributed by atoms with E-state index in [0.29, 0.717) is 38.9 Å². The number of aromatic hydroxyl groups is 4. The standard InChI is InChI=1S/C60H62O24/c61-22-40-47(68)50(71)53(74)58(82-40)77-34-9-2-25(3-10-34)1-4-28-15-33(66)21-39-43(28)44(56(81-39)26-5-11-35(12-6-26)78-59-54(75)51(72)48(69)41(23-62)83-59)30-18-37(67)46-38(19-30)80-57(45(46)29-16-31(64)20-32(65)17-29)27-7-13-36(14-8-27)79-60-55(76)52(73)49(70)42(24-63)84-60/h1-21,40-42,44-45,47-76H,22-24H2/b4-1-/t40-,41-,42-,44+,45+,47-,48-,49-,50+,51+,52+,53-,54-,55-,56-,57-,58-,59-,60-/m1/s1. The Kier molecular flexibility index (Phi) is 16.7. The Morgan fingerprint density at radius 2 is 0.750 bits per heavy atom. The normalized spacial score (nSPS) is 32.7. The molecule has 24 nitrogen and oxygen atoms in total. The fourth-order valence-electron chi connectivity index (χ4n) is 11.3. The van der Waals surface area contributed by atoms with Crippen LogP contribution in [0.5, 0.6) is 51.7 Å². The average Bonchev–Trinajstić information content (AvgIpc) is 1.79. The topological polar surface area (TPSA) is 398 Å². The number of phenols is 4. The molecule has 5 aliphatic rings. The van der Waals surface area contributed by atoms with Gasteiger partial charge in [0.25, 0.3) is 0 Å². The number of phenolic OH excluding ortho intramolecular Hbond substituents is 4. The van der Waals surface area contributed by atoms with Crippen molar-refractivity contribution in [2.75, 3.05) is 19.8 Å². The van der Waals surface area contributed by atoms with Crippen molar-refractivity contribution in [2.45, 2.75) is 116 Å². The monoisotopic (exact) mass is 1170 g/mol. The molecule has 0 bridgehead atoms. The highest BCUT2D eigenvalue weighted by atomic mass is 16.7. The first-order valence-corrected chi connectivity index (χ1v) is 26.8. The van der Waals surface area contributed by atoms with Gasteiger partial charge in [-0.3, -0.25) is 0 Å². The summed E-state index contributed by atoms with van der Waals surface area (Å²) in [7, 11) is 0. The van der Waals surface area contributed by atoms with Crippen molar-refractivity contribution in [1.29, 1.82) is 0 Å². The van der Waals surface area contributed by atoms with Crippen LogP contribution in [-0.2, 0) is 14.2 Å². The number of aliphatic hydroxyl groups excluding tert-OH is 12. The van der Waals surface area contributed by atoms with Gasteiger partial charge in [0.2, 0.25) is 18.9 Å². The third kappa shape index (κ3) is 11.3. The van der Waals surface area contributed by atoms with Crippen LogP contribution in [0.15, 0.2) is 115 Å². The minimum atomic E-state index is -1.69. The highest BCUT2D eigenvalue weighted by Crippen LogP contribution is 2.58. The summed E-state index contributed by atoms with van der Waals surface area (Å²) in [5.41, 5.74) is 3.80. The van der Waals surface area contributed by atoms with Crippen molar-refractivity contribution in [2.24, 2.45) is 0 Å². The van der Waals surface area contributed by atoms with Crippen LogP contribution in [0.25, 0.3) is 12.2 Å². The first-order chi connectivity index (χ1) is 40.3. The Labute approximate surface area is 477 Å².